The van der Waals surface area contributed by atoms with E-state index >= 15 is 0 Å². The van der Waals surface area contributed by atoms with E-state index in [4.69, 9.17) is 10.6 Å². The van der Waals surface area contributed by atoms with E-state index in [-0.39, 0.29) is 11.3 Å². The van der Waals surface area contributed by atoms with Crippen LogP contribution in [0.25, 0.3) is 0 Å². The summed E-state index contributed by atoms with van der Waals surface area (Å²) >= 11 is 0. The number of nitrogen functional groups attached to an aromatic ring is 1. The van der Waals surface area contributed by atoms with Crippen molar-refractivity contribution in [2.45, 2.75) is 0 Å². The van der Waals surface area contributed by atoms with Crippen LogP contribution in [0.5, 0.6) is 0 Å². The Morgan fingerprint density at radius 1 is 1.40 bits per heavy atom. The summed E-state index contributed by atoms with van der Waals surface area (Å²) in [5, 5.41) is 2.65. The molecule has 6 nitrogen and oxygen atoms in total. The molecule has 0 aliphatic carbocycles. The Bertz CT molecular complexity index is 440. The first-order chi connectivity index (χ1) is 9.56. The SMILES string of the molecule is CN(C)CCOCCNC(=O)c1cccc(F)c1NN. The molecule has 0 saturated carbocycles. The third kappa shape index (κ3) is 5.12. The molecule has 0 aliphatic rings. The van der Waals surface area contributed by atoms with Gasteiger partial charge in [-0.15, -0.1) is 0 Å². The van der Waals surface area contributed by atoms with Gasteiger partial charge in [0.1, 0.15) is 5.82 Å². The van der Waals surface area contributed by atoms with Crippen LogP contribution in [0.2, 0.25) is 0 Å². The van der Waals surface area contributed by atoms with Crippen LogP contribution >= 0.6 is 0 Å². The number of amides is 1. The summed E-state index contributed by atoms with van der Waals surface area (Å²) in [6, 6.07) is 4.19. The molecule has 0 spiro atoms. The molecule has 4 N–H and O–H groups in total. The molecular weight excluding hydrogens is 263 g/mol. The van der Waals surface area contributed by atoms with Crippen LogP contribution < -0.4 is 16.6 Å². The highest BCUT2D eigenvalue weighted by atomic mass is 19.1. The van der Waals surface area contributed by atoms with Gasteiger partial charge >= 0.3 is 0 Å². The van der Waals surface area contributed by atoms with Crippen molar-refractivity contribution in [1.29, 1.82) is 0 Å². The van der Waals surface area contributed by atoms with E-state index in [0.717, 1.165) is 6.54 Å². The van der Waals surface area contributed by atoms with Crippen molar-refractivity contribution >= 4 is 11.6 Å². The highest BCUT2D eigenvalue weighted by Gasteiger charge is 2.13. The summed E-state index contributed by atoms with van der Waals surface area (Å²) < 4.78 is 18.8. The number of anilines is 1. The van der Waals surface area contributed by atoms with Crippen molar-refractivity contribution in [3.63, 3.8) is 0 Å². The average molecular weight is 284 g/mol. The van der Waals surface area contributed by atoms with Crippen LogP contribution in [0.1, 0.15) is 10.4 Å². The van der Waals surface area contributed by atoms with E-state index in [1.165, 1.54) is 18.2 Å². The van der Waals surface area contributed by atoms with Crippen LogP contribution in [0.15, 0.2) is 18.2 Å². The molecule has 20 heavy (non-hydrogen) atoms. The van der Waals surface area contributed by atoms with Crippen LogP contribution in [0.3, 0.4) is 0 Å². The maximum Gasteiger partial charge on any atom is 0.253 e. The van der Waals surface area contributed by atoms with E-state index in [1.54, 1.807) is 0 Å². The smallest absolute Gasteiger partial charge is 0.253 e. The van der Waals surface area contributed by atoms with Crippen LogP contribution in [0.4, 0.5) is 10.1 Å². The Kier molecular flexibility index (Phi) is 6.92. The van der Waals surface area contributed by atoms with Crippen molar-refractivity contribution in [2.75, 3.05) is 45.8 Å². The van der Waals surface area contributed by atoms with Crippen molar-refractivity contribution in [3.8, 4) is 0 Å². The van der Waals surface area contributed by atoms with E-state index in [1.807, 2.05) is 19.0 Å². The first-order valence-electron chi connectivity index (χ1n) is 6.32. The lowest BCUT2D eigenvalue weighted by molar-refractivity contribution is 0.0900. The Morgan fingerprint density at radius 2 is 2.15 bits per heavy atom. The van der Waals surface area contributed by atoms with Gasteiger partial charge in [0, 0.05) is 13.1 Å². The Hall–Kier alpha value is -1.70. The number of para-hydroxylation sites is 1. The fourth-order valence-electron chi connectivity index (χ4n) is 1.54. The highest BCUT2D eigenvalue weighted by molar-refractivity contribution is 5.99. The minimum absolute atomic E-state index is 0.0153. The number of nitrogens with zero attached hydrogens (tertiary/aromatic N) is 1. The number of nitrogens with one attached hydrogen (secondary N) is 2. The molecule has 1 aromatic rings. The van der Waals surface area contributed by atoms with Gasteiger partial charge in [-0.25, -0.2) is 4.39 Å². The van der Waals surface area contributed by atoms with E-state index in [9.17, 15) is 9.18 Å². The molecular formula is C13H21FN4O2. The maximum absolute atomic E-state index is 13.4. The molecule has 0 atom stereocenters. The van der Waals surface area contributed by atoms with Gasteiger partial charge in [-0.2, -0.15) is 0 Å². The van der Waals surface area contributed by atoms with Gasteiger partial charge in [0.25, 0.3) is 5.91 Å². The molecule has 7 heteroatoms. The van der Waals surface area contributed by atoms with Gasteiger partial charge in [-0.05, 0) is 26.2 Å². The molecule has 1 rings (SSSR count). The van der Waals surface area contributed by atoms with Gasteiger partial charge < -0.3 is 20.4 Å². The van der Waals surface area contributed by atoms with E-state index in [2.05, 4.69) is 10.7 Å². The Labute approximate surface area is 118 Å². The lowest BCUT2D eigenvalue weighted by Crippen LogP contribution is -2.29. The molecule has 0 aliphatic heterocycles. The molecule has 0 saturated heterocycles. The standard InChI is InChI=1S/C13H21FN4O2/c1-18(2)7-9-20-8-6-16-13(19)10-4-3-5-11(14)12(10)17-15/h3-5,17H,6-9,15H2,1-2H3,(H,16,19). The third-order valence-corrected chi connectivity index (χ3v) is 2.62. The van der Waals surface area contributed by atoms with Crippen molar-refractivity contribution < 1.29 is 13.9 Å². The van der Waals surface area contributed by atoms with Crippen molar-refractivity contribution in [2.24, 2.45) is 5.84 Å². The van der Waals surface area contributed by atoms with Crippen molar-refractivity contribution in [3.05, 3.63) is 29.6 Å². The van der Waals surface area contributed by atoms with Crippen LogP contribution in [-0.4, -0.2) is 51.2 Å². The number of nitrogens with two attached hydrogens (primary N) is 1. The van der Waals surface area contributed by atoms with Gasteiger partial charge in [0.2, 0.25) is 0 Å². The third-order valence-electron chi connectivity index (χ3n) is 2.62. The minimum atomic E-state index is -0.567. The van der Waals surface area contributed by atoms with Gasteiger partial charge in [0.05, 0.1) is 24.5 Å². The number of halogens is 1. The Balaban J connectivity index is 2.38. The Morgan fingerprint density at radius 3 is 2.80 bits per heavy atom. The predicted molar refractivity (Wildman–Crippen MR) is 75.9 cm³/mol. The number of ether oxygens (including phenoxy) is 1. The first-order valence-corrected chi connectivity index (χ1v) is 6.32. The highest BCUT2D eigenvalue weighted by Crippen LogP contribution is 2.18. The number of rotatable bonds is 8. The molecule has 1 amide bonds. The molecule has 0 fully saturated rings. The zero-order valence-corrected chi connectivity index (χ0v) is 11.8. The van der Waals surface area contributed by atoms with Gasteiger partial charge in [-0.1, -0.05) is 6.07 Å². The summed E-state index contributed by atoms with van der Waals surface area (Å²) in [7, 11) is 3.91. The normalized spacial score (nSPS) is 10.7. The molecule has 1 aromatic carbocycles. The number of hydrazine groups is 1. The molecule has 0 unspecified atom stereocenters. The van der Waals surface area contributed by atoms with Crippen LogP contribution in [0, 0.1) is 5.82 Å². The van der Waals surface area contributed by atoms with Crippen LogP contribution in [-0.2, 0) is 4.74 Å². The quantitative estimate of drug-likeness (QED) is 0.366. The summed E-state index contributed by atoms with van der Waals surface area (Å²) in [6.45, 7) is 2.17. The monoisotopic (exact) mass is 284 g/mol. The van der Waals surface area contributed by atoms with Gasteiger partial charge in [0.15, 0.2) is 0 Å². The molecule has 0 radical (unpaired) electrons. The van der Waals surface area contributed by atoms with Crippen molar-refractivity contribution in [1.82, 2.24) is 10.2 Å². The summed E-state index contributed by atoms with van der Waals surface area (Å²) in [5.74, 6) is 4.25. The topological polar surface area (TPSA) is 79.6 Å². The largest absolute Gasteiger partial charge is 0.378 e. The second-order valence-corrected chi connectivity index (χ2v) is 4.48. The van der Waals surface area contributed by atoms with E-state index < -0.39 is 11.7 Å². The number of benzene rings is 1. The second-order valence-electron chi connectivity index (χ2n) is 4.48. The average Bonchev–Trinajstić information content (AvgIpc) is 2.41. The summed E-state index contributed by atoms with van der Waals surface area (Å²) in [4.78, 5) is 13.9. The number of hydrogen-bond donors (Lipinski definition) is 3. The fraction of sp³-hybridized carbons (Fsp3) is 0.462. The second kappa shape index (κ2) is 8.47. The summed E-state index contributed by atoms with van der Waals surface area (Å²) in [6.07, 6.45) is 0. The minimum Gasteiger partial charge on any atom is -0.378 e. The maximum atomic E-state index is 13.4. The fourth-order valence-corrected chi connectivity index (χ4v) is 1.54. The first kappa shape index (κ1) is 16.4. The molecule has 112 valence electrons. The lowest BCUT2D eigenvalue weighted by Gasteiger charge is -2.12. The predicted octanol–water partition coefficient (Wildman–Crippen LogP) is 0.419. The number of carbonyl (C=O) groups excluding carboxylic acids is 1. The summed E-state index contributed by atoms with van der Waals surface area (Å²) in [5.41, 5.74) is 2.35. The molecule has 0 aromatic heterocycles. The number of carbonyl (C=O) groups is 1. The zero-order chi connectivity index (χ0) is 15.0. The van der Waals surface area contributed by atoms with E-state index in [0.29, 0.717) is 19.8 Å². The number of hydrogen-bond acceptors (Lipinski definition) is 5. The lowest BCUT2D eigenvalue weighted by atomic mass is 10.1. The number of likely N-dealkylation sites (N-methyl/N-ethyl adjacent to an activating group) is 1. The molecule has 0 bridgehead atoms. The zero-order valence-electron chi connectivity index (χ0n) is 11.8. The van der Waals surface area contributed by atoms with Gasteiger partial charge in [-0.3, -0.25) is 10.6 Å². The molecule has 0 heterocycles.